The van der Waals surface area contributed by atoms with E-state index in [1.165, 1.54) is 0 Å². The van der Waals surface area contributed by atoms with Crippen LogP contribution in [0.2, 0.25) is 0 Å². The number of hydrogen-bond acceptors (Lipinski definition) is 4. The molecular weight excluding hydrogens is 308 g/mol. The van der Waals surface area contributed by atoms with Gasteiger partial charge >= 0.3 is 0 Å². The number of benzene rings is 1. The Morgan fingerprint density at radius 3 is 3.00 bits per heavy atom. The third-order valence-corrected chi connectivity index (χ3v) is 3.19. The van der Waals surface area contributed by atoms with E-state index >= 15 is 0 Å². The molecule has 0 aliphatic carbocycles. The van der Waals surface area contributed by atoms with Crippen molar-refractivity contribution >= 4 is 21.6 Å². The molecule has 2 rings (SSSR count). The van der Waals surface area contributed by atoms with Crippen LogP contribution in [0.1, 0.15) is 17.2 Å². The molecular formula is C13H13BrN4O. The average molecular weight is 321 g/mol. The van der Waals surface area contributed by atoms with Crippen molar-refractivity contribution in [3.63, 3.8) is 0 Å². The van der Waals surface area contributed by atoms with Gasteiger partial charge in [0.05, 0.1) is 23.6 Å². The first-order chi connectivity index (χ1) is 9.10. The molecule has 1 aromatic heterocycles. The van der Waals surface area contributed by atoms with Gasteiger partial charge in [0, 0.05) is 29.8 Å². The van der Waals surface area contributed by atoms with Crippen LogP contribution in [0.25, 0.3) is 0 Å². The van der Waals surface area contributed by atoms with Gasteiger partial charge in [-0.1, -0.05) is 15.9 Å². The van der Waals surface area contributed by atoms with Gasteiger partial charge in [0.25, 0.3) is 0 Å². The average Bonchev–Trinajstić information content (AvgIpc) is 2.83. The van der Waals surface area contributed by atoms with Crippen molar-refractivity contribution in [2.45, 2.75) is 6.10 Å². The minimum Gasteiger partial charge on any atom is -0.386 e. The molecule has 1 atom stereocenters. The van der Waals surface area contributed by atoms with Crippen LogP contribution in [0.4, 0.5) is 5.69 Å². The number of hydrogen-bond donors (Lipinski definition) is 2. The lowest BCUT2D eigenvalue weighted by Crippen LogP contribution is -2.12. The third-order valence-electron chi connectivity index (χ3n) is 2.70. The van der Waals surface area contributed by atoms with Crippen molar-refractivity contribution in [1.82, 2.24) is 9.78 Å². The minimum absolute atomic E-state index is 0.321. The Kier molecular flexibility index (Phi) is 4.20. The van der Waals surface area contributed by atoms with Crippen molar-refractivity contribution in [2.75, 3.05) is 11.9 Å². The summed E-state index contributed by atoms with van der Waals surface area (Å²) in [5.41, 5.74) is 1.98. The van der Waals surface area contributed by atoms with E-state index in [1.807, 2.05) is 6.07 Å². The predicted molar refractivity (Wildman–Crippen MR) is 75.5 cm³/mol. The van der Waals surface area contributed by atoms with Gasteiger partial charge in [-0.2, -0.15) is 10.4 Å². The summed E-state index contributed by atoms with van der Waals surface area (Å²) >= 11 is 3.32. The highest BCUT2D eigenvalue weighted by Gasteiger charge is 2.10. The SMILES string of the molecule is Cn1cc([C@H](O)CNc2ccc(Br)cc2C#N)cn1. The molecule has 1 aromatic carbocycles. The van der Waals surface area contributed by atoms with Crippen LogP contribution >= 0.6 is 15.9 Å². The summed E-state index contributed by atoms with van der Waals surface area (Å²) in [7, 11) is 1.80. The minimum atomic E-state index is -0.663. The molecule has 19 heavy (non-hydrogen) atoms. The van der Waals surface area contributed by atoms with Gasteiger partial charge < -0.3 is 10.4 Å². The maximum absolute atomic E-state index is 10.0. The molecule has 0 spiro atoms. The van der Waals surface area contributed by atoms with E-state index < -0.39 is 6.10 Å². The van der Waals surface area contributed by atoms with Crippen LogP contribution in [0.5, 0.6) is 0 Å². The smallest absolute Gasteiger partial charge is 0.101 e. The van der Waals surface area contributed by atoms with Crippen LogP contribution in [-0.4, -0.2) is 21.4 Å². The maximum atomic E-state index is 10.0. The Bertz CT molecular complexity index is 617. The summed E-state index contributed by atoms with van der Waals surface area (Å²) in [6.45, 7) is 0.321. The first-order valence-corrected chi connectivity index (χ1v) is 6.49. The Labute approximate surface area is 119 Å². The summed E-state index contributed by atoms with van der Waals surface area (Å²) in [5, 5.41) is 26.1. The summed E-state index contributed by atoms with van der Waals surface area (Å²) in [5.74, 6) is 0. The third kappa shape index (κ3) is 3.34. The molecule has 2 aromatic rings. The number of aryl methyl sites for hydroxylation is 1. The number of nitriles is 1. The molecule has 0 aliphatic rings. The zero-order chi connectivity index (χ0) is 13.8. The van der Waals surface area contributed by atoms with Crippen molar-refractivity contribution in [3.05, 3.63) is 46.2 Å². The maximum Gasteiger partial charge on any atom is 0.101 e. The Morgan fingerprint density at radius 1 is 1.58 bits per heavy atom. The second kappa shape index (κ2) is 5.87. The summed E-state index contributed by atoms with van der Waals surface area (Å²) in [6.07, 6.45) is 2.72. The van der Waals surface area contributed by atoms with E-state index in [0.717, 1.165) is 10.0 Å². The second-order valence-electron chi connectivity index (χ2n) is 4.15. The highest BCUT2D eigenvalue weighted by Crippen LogP contribution is 2.21. The van der Waals surface area contributed by atoms with Crippen LogP contribution in [0.3, 0.4) is 0 Å². The van der Waals surface area contributed by atoms with Crippen LogP contribution in [-0.2, 0) is 7.05 Å². The van der Waals surface area contributed by atoms with Gasteiger partial charge in [0.2, 0.25) is 0 Å². The van der Waals surface area contributed by atoms with Gasteiger partial charge in [-0.15, -0.1) is 0 Å². The van der Waals surface area contributed by atoms with Crippen molar-refractivity contribution in [2.24, 2.45) is 7.05 Å². The Hall–Kier alpha value is -1.84. The van der Waals surface area contributed by atoms with Gasteiger partial charge in [0.1, 0.15) is 6.07 Å². The number of halogens is 1. The fraction of sp³-hybridized carbons (Fsp3) is 0.231. The largest absolute Gasteiger partial charge is 0.386 e. The first-order valence-electron chi connectivity index (χ1n) is 5.70. The number of nitrogens with one attached hydrogen (secondary N) is 1. The number of aliphatic hydroxyl groups excluding tert-OH is 1. The Morgan fingerprint density at radius 2 is 2.37 bits per heavy atom. The standard InChI is InChI=1S/C13H13BrN4O/c1-18-8-10(6-17-18)13(19)7-16-12-3-2-11(14)4-9(12)5-15/h2-4,6,8,13,16,19H,7H2,1H3/t13-/m1/s1. The zero-order valence-corrected chi connectivity index (χ0v) is 11.9. The molecule has 0 amide bonds. The van der Waals surface area contributed by atoms with Crippen molar-refractivity contribution in [1.29, 1.82) is 5.26 Å². The molecule has 5 nitrogen and oxygen atoms in total. The van der Waals surface area contributed by atoms with Gasteiger partial charge in [-0.25, -0.2) is 0 Å². The lowest BCUT2D eigenvalue weighted by atomic mass is 10.1. The number of nitrogens with zero attached hydrogens (tertiary/aromatic N) is 3. The second-order valence-corrected chi connectivity index (χ2v) is 5.06. The molecule has 0 bridgehead atoms. The molecule has 1 heterocycles. The lowest BCUT2D eigenvalue weighted by molar-refractivity contribution is 0.191. The topological polar surface area (TPSA) is 73.9 Å². The van der Waals surface area contributed by atoms with Crippen molar-refractivity contribution < 1.29 is 5.11 Å². The normalized spacial score (nSPS) is 11.9. The highest BCUT2D eigenvalue weighted by atomic mass is 79.9. The summed E-state index contributed by atoms with van der Waals surface area (Å²) < 4.78 is 2.49. The lowest BCUT2D eigenvalue weighted by Gasteiger charge is -2.12. The number of aromatic nitrogens is 2. The molecule has 0 saturated carbocycles. The monoisotopic (exact) mass is 320 g/mol. The number of rotatable bonds is 4. The van der Waals surface area contributed by atoms with E-state index in [2.05, 4.69) is 32.4 Å². The van der Waals surface area contributed by atoms with E-state index in [4.69, 9.17) is 5.26 Å². The molecule has 2 N–H and O–H groups in total. The molecule has 6 heteroatoms. The first kappa shape index (κ1) is 13.6. The zero-order valence-electron chi connectivity index (χ0n) is 10.3. The molecule has 0 aliphatic heterocycles. The number of aliphatic hydroxyl groups is 1. The van der Waals surface area contributed by atoms with Gasteiger partial charge in [0.15, 0.2) is 0 Å². The van der Waals surface area contributed by atoms with E-state index in [-0.39, 0.29) is 0 Å². The van der Waals surface area contributed by atoms with E-state index in [0.29, 0.717) is 17.8 Å². The molecule has 0 fully saturated rings. The fourth-order valence-electron chi connectivity index (χ4n) is 1.70. The van der Waals surface area contributed by atoms with Crippen molar-refractivity contribution in [3.8, 4) is 6.07 Å². The Balaban J connectivity index is 2.05. The quantitative estimate of drug-likeness (QED) is 0.905. The molecule has 0 radical (unpaired) electrons. The van der Waals surface area contributed by atoms with Gasteiger partial charge in [-0.05, 0) is 18.2 Å². The van der Waals surface area contributed by atoms with Crippen LogP contribution < -0.4 is 5.32 Å². The summed E-state index contributed by atoms with van der Waals surface area (Å²) in [6, 6.07) is 7.50. The molecule has 0 saturated heterocycles. The highest BCUT2D eigenvalue weighted by molar-refractivity contribution is 9.10. The predicted octanol–water partition coefficient (Wildman–Crippen LogP) is 2.20. The summed E-state index contributed by atoms with van der Waals surface area (Å²) in [4.78, 5) is 0. The van der Waals surface area contributed by atoms with E-state index in [1.54, 1.807) is 36.3 Å². The molecule has 0 unspecified atom stereocenters. The molecule has 98 valence electrons. The van der Waals surface area contributed by atoms with Crippen LogP contribution in [0.15, 0.2) is 35.1 Å². The van der Waals surface area contributed by atoms with Gasteiger partial charge in [-0.3, -0.25) is 4.68 Å². The fourth-order valence-corrected chi connectivity index (χ4v) is 2.06. The van der Waals surface area contributed by atoms with E-state index in [9.17, 15) is 5.11 Å². The van der Waals surface area contributed by atoms with Crippen LogP contribution in [0, 0.1) is 11.3 Å². The number of anilines is 1.